The van der Waals surface area contributed by atoms with E-state index in [1.807, 2.05) is 0 Å². The second kappa shape index (κ2) is 3.98. The van der Waals surface area contributed by atoms with E-state index in [9.17, 15) is 9.90 Å². The van der Waals surface area contributed by atoms with Crippen molar-refractivity contribution in [2.45, 2.75) is 46.0 Å². The van der Waals surface area contributed by atoms with Gasteiger partial charge in [0, 0.05) is 11.9 Å². The van der Waals surface area contributed by atoms with Gasteiger partial charge >= 0.3 is 5.97 Å². The third kappa shape index (κ3) is 2.03. The van der Waals surface area contributed by atoms with Crippen LogP contribution >= 0.6 is 11.3 Å². The van der Waals surface area contributed by atoms with Crippen LogP contribution in [0.3, 0.4) is 0 Å². The lowest BCUT2D eigenvalue weighted by molar-refractivity contribution is 0.0696. The van der Waals surface area contributed by atoms with Gasteiger partial charge in [-0.15, -0.1) is 11.3 Å². The van der Waals surface area contributed by atoms with Gasteiger partial charge in [0.05, 0.1) is 5.56 Å². The summed E-state index contributed by atoms with van der Waals surface area (Å²) in [4.78, 5) is 12.7. The van der Waals surface area contributed by atoms with Crippen molar-refractivity contribution in [1.82, 2.24) is 0 Å². The number of nitrogens with one attached hydrogen (secondary N) is 1. The Morgan fingerprint density at radius 2 is 1.94 bits per heavy atom. The van der Waals surface area contributed by atoms with Crippen molar-refractivity contribution >= 4 is 22.3 Å². The summed E-state index contributed by atoms with van der Waals surface area (Å²) in [6.45, 7) is 8.88. The summed E-state index contributed by atoms with van der Waals surface area (Å²) >= 11 is 1.61. The molecular formula is C14H21NO2S. The summed E-state index contributed by atoms with van der Waals surface area (Å²) in [7, 11) is 1.79. The molecule has 18 heavy (non-hydrogen) atoms. The van der Waals surface area contributed by atoms with Gasteiger partial charge in [-0.05, 0) is 29.2 Å². The Morgan fingerprint density at radius 3 is 2.44 bits per heavy atom. The zero-order valence-electron chi connectivity index (χ0n) is 11.7. The van der Waals surface area contributed by atoms with E-state index in [1.165, 1.54) is 4.88 Å². The maximum Gasteiger partial charge on any atom is 0.338 e. The molecule has 0 radical (unpaired) electrons. The van der Waals surface area contributed by atoms with Crippen LogP contribution in [-0.2, 0) is 11.8 Å². The van der Waals surface area contributed by atoms with Crippen molar-refractivity contribution in [2.75, 3.05) is 12.4 Å². The van der Waals surface area contributed by atoms with Crippen molar-refractivity contribution in [3.63, 3.8) is 0 Å². The van der Waals surface area contributed by atoms with E-state index in [-0.39, 0.29) is 10.8 Å². The minimum atomic E-state index is -0.814. The molecule has 1 aliphatic rings. The van der Waals surface area contributed by atoms with Gasteiger partial charge < -0.3 is 10.4 Å². The normalized spacial score (nSPS) is 20.3. The van der Waals surface area contributed by atoms with E-state index >= 15 is 0 Å². The van der Waals surface area contributed by atoms with Crippen LogP contribution < -0.4 is 5.32 Å². The van der Waals surface area contributed by atoms with Crippen LogP contribution in [-0.4, -0.2) is 18.1 Å². The van der Waals surface area contributed by atoms with E-state index in [4.69, 9.17) is 0 Å². The number of anilines is 1. The number of hydrogen-bond acceptors (Lipinski definition) is 3. The summed E-state index contributed by atoms with van der Waals surface area (Å²) in [5, 5.41) is 13.3. The summed E-state index contributed by atoms with van der Waals surface area (Å²) in [6, 6.07) is 0. The molecule has 0 aliphatic heterocycles. The molecule has 1 aliphatic carbocycles. The highest BCUT2D eigenvalue weighted by molar-refractivity contribution is 7.17. The number of carboxylic acids is 1. The molecule has 0 amide bonds. The number of carbonyl (C=O) groups is 1. The van der Waals surface area contributed by atoms with Crippen LogP contribution in [0.25, 0.3) is 0 Å². The van der Waals surface area contributed by atoms with Gasteiger partial charge in [-0.25, -0.2) is 4.79 Å². The average molecular weight is 267 g/mol. The fourth-order valence-corrected chi connectivity index (χ4v) is 4.67. The number of hydrogen-bond donors (Lipinski definition) is 2. The highest BCUT2D eigenvalue weighted by atomic mass is 32.1. The first-order chi connectivity index (χ1) is 8.18. The first kappa shape index (κ1) is 13.4. The predicted molar refractivity (Wildman–Crippen MR) is 76.0 cm³/mol. The Labute approximate surface area is 112 Å². The summed E-state index contributed by atoms with van der Waals surface area (Å²) in [6.07, 6.45) is 1.95. The van der Waals surface area contributed by atoms with Crippen LogP contribution in [0.2, 0.25) is 0 Å². The molecule has 0 fully saturated rings. The molecule has 2 N–H and O–H groups in total. The zero-order valence-corrected chi connectivity index (χ0v) is 12.5. The number of rotatable bonds is 2. The summed E-state index contributed by atoms with van der Waals surface area (Å²) in [5.41, 5.74) is 1.74. The molecule has 1 aromatic heterocycles. The van der Waals surface area contributed by atoms with Gasteiger partial charge in [-0.1, -0.05) is 27.7 Å². The standard InChI is InChI=1S/C14H21NO2S/c1-13(2)6-8-9(12(16)17)11(15-5)18-10(8)14(3,4)7-13/h15H,6-7H2,1-5H3,(H,16,17). The number of thiophene rings is 1. The van der Waals surface area contributed by atoms with Crippen molar-refractivity contribution in [1.29, 1.82) is 0 Å². The highest BCUT2D eigenvalue weighted by Crippen LogP contribution is 2.51. The smallest absolute Gasteiger partial charge is 0.338 e. The Bertz CT molecular complexity index is 500. The Hall–Kier alpha value is -1.03. The van der Waals surface area contributed by atoms with Crippen molar-refractivity contribution < 1.29 is 9.90 Å². The Balaban J connectivity index is 2.67. The van der Waals surface area contributed by atoms with Crippen LogP contribution in [0.1, 0.15) is 54.9 Å². The molecule has 0 bridgehead atoms. The summed E-state index contributed by atoms with van der Waals surface area (Å²) < 4.78 is 0. The molecule has 1 heterocycles. The third-order valence-corrected chi connectivity index (χ3v) is 5.25. The van der Waals surface area contributed by atoms with Gasteiger partial charge in [0.15, 0.2) is 0 Å². The number of carboxylic acid groups (broad SMARTS) is 1. The van der Waals surface area contributed by atoms with Gasteiger partial charge in [-0.3, -0.25) is 0 Å². The van der Waals surface area contributed by atoms with Gasteiger partial charge in [0.1, 0.15) is 5.00 Å². The van der Waals surface area contributed by atoms with Crippen molar-refractivity contribution in [3.05, 3.63) is 16.0 Å². The lowest BCUT2D eigenvalue weighted by Crippen LogP contribution is -2.34. The van der Waals surface area contributed by atoms with Gasteiger partial charge in [-0.2, -0.15) is 0 Å². The Kier molecular flexibility index (Phi) is 2.97. The first-order valence-corrected chi connectivity index (χ1v) is 7.07. The second-order valence-corrected chi connectivity index (χ2v) is 7.59. The van der Waals surface area contributed by atoms with E-state index in [0.717, 1.165) is 23.4 Å². The maximum absolute atomic E-state index is 11.5. The van der Waals surface area contributed by atoms with E-state index in [0.29, 0.717) is 5.56 Å². The van der Waals surface area contributed by atoms with Crippen molar-refractivity contribution in [2.24, 2.45) is 5.41 Å². The molecule has 0 aromatic carbocycles. The molecule has 0 spiro atoms. The van der Waals surface area contributed by atoms with Crippen LogP contribution in [0, 0.1) is 5.41 Å². The fourth-order valence-electron chi connectivity index (χ4n) is 3.40. The van der Waals surface area contributed by atoms with E-state index in [1.54, 1.807) is 18.4 Å². The molecule has 2 rings (SSSR count). The molecule has 0 saturated carbocycles. The molecule has 0 atom stereocenters. The molecule has 3 nitrogen and oxygen atoms in total. The lowest BCUT2D eigenvalue weighted by Gasteiger charge is -2.40. The van der Waals surface area contributed by atoms with E-state index < -0.39 is 5.97 Å². The first-order valence-electron chi connectivity index (χ1n) is 6.25. The third-order valence-electron chi connectivity index (χ3n) is 3.64. The molecule has 100 valence electrons. The Morgan fingerprint density at radius 1 is 1.33 bits per heavy atom. The zero-order chi connectivity index (χ0) is 13.7. The fraction of sp³-hybridized carbons (Fsp3) is 0.643. The number of aromatic carboxylic acids is 1. The quantitative estimate of drug-likeness (QED) is 0.858. The lowest BCUT2D eigenvalue weighted by atomic mass is 9.65. The van der Waals surface area contributed by atoms with Crippen LogP contribution in [0.4, 0.5) is 5.00 Å². The average Bonchev–Trinajstić information content (AvgIpc) is 2.53. The van der Waals surface area contributed by atoms with Crippen LogP contribution in [0.15, 0.2) is 0 Å². The summed E-state index contributed by atoms with van der Waals surface area (Å²) in [5.74, 6) is -0.814. The highest BCUT2D eigenvalue weighted by Gasteiger charge is 2.41. The molecule has 0 saturated heterocycles. The largest absolute Gasteiger partial charge is 0.478 e. The second-order valence-electron chi connectivity index (χ2n) is 6.57. The van der Waals surface area contributed by atoms with Crippen LogP contribution in [0.5, 0.6) is 0 Å². The van der Waals surface area contributed by atoms with E-state index in [2.05, 4.69) is 33.0 Å². The molecule has 1 aromatic rings. The predicted octanol–water partition coefficient (Wildman–Crippen LogP) is 3.74. The molecule has 4 heteroatoms. The number of fused-ring (bicyclic) bond motifs is 1. The molecular weight excluding hydrogens is 246 g/mol. The minimum Gasteiger partial charge on any atom is -0.478 e. The minimum absolute atomic E-state index is 0.0566. The van der Waals surface area contributed by atoms with Gasteiger partial charge in [0.25, 0.3) is 0 Å². The molecule has 0 unspecified atom stereocenters. The monoisotopic (exact) mass is 267 g/mol. The SMILES string of the molecule is CNc1sc2c(c1C(=O)O)CC(C)(C)CC2(C)C. The maximum atomic E-state index is 11.5. The van der Waals surface area contributed by atoms with Crippen molar-refractivity contribution in [3.8, 4) is 0 Å². The van der Waals surface area contributed by atoms with Gasteiger partial charge in [0.2, 0.25) is 0 Å². The topological polar surface area (TPSA) is 49.3 Å².